The number of benzene rings is 1. The summed E-state index contributed by atoms with van der Waals surface area (Å²) in [6.07, 6.45) is -0.192. The number of rotatable bonds is 4. The number of anilines is 1. The van der Waals surface area contributed by atoms with Crippen LogP contribution in [0.4, 0.5) is 5.69 Å². The van der Waals surface area contributed by atoms with Gasteiger partial charge in [-0.2, -0.15) is 0 Å². The average molecular weight is 322 g/mol. The number of fused-ring (bicyclic) bond motifs is 1. The van der Waals surface area contributed by atoms with Crippen LogP contribution in [0.5, 0.6) is 0 Å². The average Bonchev–Trinajstić information content (AvgIpc) is 2.90. The molecule has 8 heteroatoms. The van der Waals surface area contributed by atoms with Crippen molar-refractivity contribution in [1.82, 2.24) is 16.1 Å². The molecule has 1 amide bonds. The Labute approximate surface area is 132 Å². The van der Waals surface area contributed by atoms with Gasteiger partial charge in [0, 0.05) is 6.54 Å². The van der Waals surface area contributed by atoms with Crippen LogP contribution >= 0.6 is 11.8 Å². The Morgan fingerprint density at radius 3 is 2.82 bits per heavy atom. The van der Waals surface area contributed by atoms with E-state index in [2.05, 4.69) is 16.1 Å². The maximum Gasteiger partial charge on any atom is 0.313 e. The molecule has 4 N–H and O–H groups in total. The minimum absolute atomic E-state index is 0.0613. The molecule has 0 spiro atoms. The molecule has 118 valence electrons. The fourth-order valence-electron chi connectivity index (χ4n) is 2.65. The number of hydrazine groups is 1. The second-order valence-electron chi connectivity index (χ2n) is 5.38. The van der Waals surface area contributed by atoms with Crippen molar-refractivity contribution >= 4 is 29.3 Å². The first-order valence-corrected chi connectivity index (χ1v) is 8.09. The van der Waals surface area contributed by atoms with Crippen molar-refractivity contribution in [3.63, 3.8) is 0 Å². The number of carbonyl (C=O) groups is 2. The Kier molecular flexibility index (Phi) is 4.23. The number of carbonyl (C=O) groups excluding carboxylic acids is 1. The van der Waals surface area contributed by atoms with Gasteiger partial charge in [0.2, 0.25) is 5.91 Å². The molecule has 0 saturated carbocycles. The van der Waals surface area contributed by atoms with Gasteiger partial charge in [0.1, 0.15) is 11.7 Å². The molecule has 0 radical (unpaired) electrons. The van der Waals surface area contributed by atoms with Crippen molar-refractivity contribution in [3.05, 3.63) is 29.8 Å². The molecular weight excluding hydrogens is 304 g/mol. The van der Waals surface area contributed by atoms with Gasteiger partial charge < -0.3 is 10.4 Å². The van der Waals surface area contributed by atoms with Gasteiger partial charge in [0.15, 0.2) is 0 Å². The number of amides is 1. The summed E-state index contributed by atoms with van der Waals surface area (Å²) in [6, 6.07) is 8.03. The molecule has 1 aromatic rings. The second kappa shape index (κ2) is 6.15. The van der Waals surface area contributed by atoms with Crippen molar-refractivity contribution in [3.8, 4) is 0 Å². The highest BCUT2D eigenvalue weighted by Crippen LogP contribution is 2.27. The summed E-state index contributed by atoms with van der Waals surface area (Å²) in [4.78, 5) is 22.9. The molecule has 7 nitrogen and oxygen atoms in total. The maximum absolute atomic E-state index is 12.2. The predicted octanol–water partition coefficient (Wildman–Crippen LogP) is 0.0827. The second-order valence-corrected chi connectivity index (χ2v) is 6.47. The number of hydrogen-bond acceptors (Lipinski definition) is 6. The maximum atomic E-state index is 12.2. The van der Waals surface area contributed by atoms with Crippen LogP contribution in [0.25, 0.3) is 0 Å². The molecule has 2 aliphatic rings. The highest BCUT2D eigenvalue weighted by atomic mass is 32.2. The summed E-state index contributed by atoms with van der Waals surface area (Å²) in [5.41, 5.74) is 4.97. The van der Waals surface area contributed by atoms with E-state index < -0.39 is 11.5 Å². The van der Waals surface area contributed by atoms with Crippen LogP contribution in [0.1, 0.15) is 5.56 Å². The molecule has 3 unspecified atom stereocenters. The minimum atomic E-state index is -0.900. The van der Waals surface area contributed by atoms with E-state index >= 15 is 0 Å². The fourth-order valence-corrected chi connectivity index (χ4v) is 3.39. The topological polar surface area (TPSA) is 93.7 Å². The van der Waals surface area contributed by atoms with E-state index in [0.717, 1.165) is 17.4 Å². The smallest absolute Gasteiger partial charge is 0.313 e. The molecule has 1 aromatic carbocycles. The Bertz CT molecular complexity index is 580. The molecule has 3 atom stereocenters. The van der Waals surface area contributed by atoms with Crippen molar-refractivity contribution in [2.45, 2.75) is 18.6 Å². The van der Waals surface area contributed by atoms with E-state index in [9.17, 15) is 9.59 Å². The van der Waals surface area contributed by atoms with E-state index in [1.54, 1.807) is 0 Å². The zero-order valence-corrected chi connectivity index (χ0v) is 12.9. The third-order valence-electron chi connectivity index (χ3n) is 3.76. The number of carboxylic acids is 1. The lowest BCUT2D eigenvalue weighted by molar-refractivity contribution is -0.134. The first-order chi connectivity index (χ1) is 10.5. The predicted molar refractivity (Wildman–Crippen MR) is 84.1 cm³/mol. The van der Waals surface area contributed by atoms with Crippen molar-refractivity contribution in [1.29, 1.82) is 0 Å². The van der Waals surface area contributed by atoms with Gasteiger partial charge in [-0.1, -0.05) is 17.7 Å². The van der Waals surface area contributed by atoms with Crippen LogP contribution in [0.2, 0.25) is 0 Å². The molecular formula is C14H18N4O3S. The molecule has 22 heavy (non-hydrogen) atoms. The lowest BCUT2D eigenvalue weighted by Crippen LogP contribution is -2.63. The third-order valence-corrected chi connectivity index (χ3v) is 4.76. The number of aryl methyl sites for hydroxylation is 1. The summed E-state index contributed by atoms with van der Waals surface area (Å²) in [7, 11) is 0. The van der Waals surface area contributed by atoms with Crippen LogP contribution in [-0.2, 0) is 9.59 Å². The molecule has 0 aromatic heterocycles. The first kappa shape index (κ1) is 15.1. The Morgan fingerprint density at radius 1 is 1.41 bits per heavy atom. The Hall–Kier alpha value is -1.77. The molecule has 3 rings (SSSR count). The van der Waals surface area contributed by atoms with Gasteiger partial charge in [-0.25, -0.2) is 5.43 Å². The Morgan fingerprint density at radius 2 is 2.14 bits per heavy atom. The zero-order chi connectivity index (χ0) is 15.7. The van der Waals surface area contributed by atoms with Gasteiger partial charge in [-0.3, -0.25) is 19.9 Å². The van der Waals surface area contributed by atoms with Crippen LogP contribution < -0.4 is 21.1 Å². The van der Waals surface area contributed by atoms with Gasteiger partial charge in [0.25, 0.3) is 0 Å². The monoisotopic (exact) mass is 322 g/mol. The van der Waals surface area contributed by atoms with E-state index in [0.29, 0.717) is 6.54 Å². The van der Waals surface area contributed by atoms with Gasteiger partial charge >= 0.3 is 5.97 Å². The summed E-state index contributed by atoms with van der Waals surface area (Å²) < 4.78 is 0. The quantitative estimate of drug-likeness (QED) is 0.624. The highest BCUT2D eigenvalue weighted by Gasteiger charge is 2.44. The summed E-state index contributed by atoms with van der Waals surface area (Å²) >= 11 is 1.16. The summed E-state index contributed by atoms with van der Waals surface area (Å²) in [5, 5.41) is 16.8. The number of hydrogen-bond donors (Lipinski definition) is 4. The molecule has 0 aliphatic carbocycles. The lowest BCUT2D eigenvalue weighted by Gasteiger charge is -2.36. The van der Waals surface area contributed by atoms with Crippen LogP contribution in [0.3, 0.4) is 0 Å². The lowest BCUT2D eigenvalue weighted by atomic mass is 10.0. The first-order valence-electron chi connectivity index (χ1n) is 7.04. The zero-order valence-electron chi connectivity index (χ0n) is 12.1. The van der Waals surface area contributed by atoms with Gasteiger partial charge in [-0.15, -0.1) is 11.8 Å². The fraction of sp³-hybridized carbons (Fsp3) is 0.429. The standard InChI is InChI=1S/C14H18N4O3S/c1-8-2-4-9(5-3-8)18-12-10(6-15-18)13(21)17-14(16-12)22-7-11(19)20/h2-5,10,12,14-16H,6-7H2,1H3,(H,17,21)(H,19,20). The largest absolute Gasteiger partial charge is 0.481 e. The van der Waals surface area contributed by atoms with Crippen molar-refractivity contribution < 1.29 is 14.7 Å². The number of carboxylic acid groups (broad SMARTS) is 1. The highest BCUT2D eigenvalue weighted by molar-refractivity contribution is 8.00. The number of nitrogens with zero attached hydrogens (tertiary/aromatic N) is 1. The summed E-state index contributed by atoms with van der Waals surface area (Å²) in [5.74, 6) is -1.23. The number of aliphatic carboxylic acids is 1. The molecule has 2 fully saturated rings. The summed E-state index contributed by atoms with van der Waals surface area (Å²) in [6.45, 7) is 2.57. The van der Waals surface area contributed by atoms with E-state index in [1.807, 2.05) is 36.2 Å². The van der Waals surface area contributed by atoms with Crippen LogP contribution in [0.15, 0.2) is 24.3 Å². The van der Waals surface area contributed by atoms with Gasteiger partial charge in [-0.05, 0) is 19.1 Å². The Balaban J connectivity index is 1.74. The van der Waals surface area contributed by atoms with Crippen molar-refractivity contribution in [2.24, 2.45) is 5.92 Å². The number of nitrogens with one attached hydrogen (secondary N) is 3. The van der Waals surface area contributed by atoms with E-state index in [-0.39, 0.29) is 23.7 Å². The van der Waals surface area contributed by atoms with Crippen LogP contribution in [-0.4, -0.2) is 40.9 Å². The number of thioether (sulfide) groups is 1. The van der Waals surface area contributed by atoms with Crippen LogP contribution in [0, 0.1) is 12.8 Å². The van der Waals surface area contributed by atoms with Crippen molar-refractivity contribution in [2.75, 3.05) is 17.3 Å². The third kappa shape index (κ3) is 3.03. The molecule has 2 saturated heterocycles. The molecule has 0 bridgehead atoms. The SMILES string of the molecule is Cc1ccc(N2NCC3C(=O)NC(SCC(=O)O)NC32)cc1. The van der Waals surface area contributed by atoms with Gasteiger partial charge in [0.05, 0.1) is 17.4 Å². The minimum Gasteiger partial charge on any atom is -0.481 e. The molecule has 2 heterocycles. The van der Waals surface area contributed by atoms with E-state index in [4.69, 9.17) is 5.11 Å². The normalized spacial score (nSPS) is 27.4. The molecule has 2 aliphatic heterocycles. The van der Waals surface area contributed by atoms with E-state index in [1.165, 1.54) is 5.56 Å².